The highest BCUT2D eigenvalue weighted by molar-refractivity contribution is 5.57. The Labute approximate surface area is 104 Å². The number of methoxy groups -OCH3 is 1. The molecule has 0 amide bonds. The minimum Gasteiger partial charge on any atom is -0.481 e. The van der Waals surface area contributed by atoms with Crippen molar-refractivity contribution < 1.29 is 27.2 Å². The van der Waals surface area contributed by atoms with Gasteiger partial charge in [-0.25, -0.2) is 8.78 Å². The smallest absolute Gasteiger partial charge is 0.324 e. The molecule has 0 fully saturated rings. The lowest BCUT2D eigenvalue weighted by Gasteiger charge is -2.16. The number of nitro groups is 1. The number of ether oxygens (including phenoxy) is 1. The number of nitrogens with zero attached hydrogens (tertiary/aromatic N) is 2. The van der Waals surface area contributed by atoms with Gasteiger partial charge in [-0.2, -0.15) is 13.8 Å². The highest BCUT2D eigenvalue weighted by Crippen LogP contribution is 2.28. The topological polar surface area (TPSA) is 77.3 Å². The molecule has 1 aromatic heterocycles. The van der Waals surface area contributed by atoms with E-state index in [1.54, 1.807) is 0 Å². The lowest BCUT2D eigenvalue weighted by Crippen LogP contribution is -2.35. The Balaban J connectivity index is 2.95. The van der Waals surface area contributed by atoms with Gasteiger partial charge in [0.25, 0.3) is 0 Å². The molecular formula is C9H9F4N3O3. The molecule has 1 heterocycles. The molecule has 0 unspecified atom stereocenters. The number of alkyl halides is 4. The van der Waals surface area contributed by atoms with Crippen LogP contribution in [0.2, 0.25) is 0 Å². The average molecular weight is 283 g/mol. The molecular weight excluding hydrogens is 274 g/mol. The molecule has 0 aliphatic carbocycles. The Morgan fingerprint density at radius 1 is 1.53 bits per heavy atom. The lowest BCUT2D eigenvalue weighted by molar-refractivity contribution is -0.384. The van der Waals surface area contributed by atoms with Crippen LogP contribution in [-0.4, -0.2) is 35.9 Å². The second kappa shape index (κ2) is 5.67. The fraction of sp³-hybridized carbons (Fsp3) is 0.444. The van der Waals surface area contributed by atoms with E-state index in [1.807, 2.05) is 5.32 Å². The monoisotopic (exact) mass is 283 g/mol. The van der Waals surface area contributed by atoms with Crippen molar-refractivity contribution >= 4 is 11.5 Å². The Bertz CT molecular complexity index is 470. The van der Waals surface area contributed by atoms with Crippen molar-refractivity contribution in [3.05, 3.63) is 22.2 Å². The first kappa shape index (κ1) is 14.9. The summed E-state index contributed by atoms with van der Waals surface area (Å²) in [5.74, 6) is -4.96. The molecule has 0 spiro atoms. The van der Waals surface area contributed by atoms with Crippen molar-refractivity contribution in [2.45, 2.75) is 12.3 Å². The minimum absolute atomic E-state index is 0.0755. The third-order valence-corrected chi connectivity index (χ3v) is 2.07. The molecule has 0 saturated carbocycles. The minimum atomic E-state index is -4.32. The summed E-state index contributed by atoms with van der Waals surface area (Å²) in [4.78, 5) is 13.3. The normalized spacial score (nSPS) is 11.5. The highest BCUT2D eigenvalue weighted by atomic mass is 19.3. The molecule has 0 aromatic carbocycles. The van der Waals surface area contributed by atoms with Gasteiger partial charge >= 0.3 is 18.0 Å². The zero-order valence-corrected chi connectivity index (χ0v) is 9.57. The maximum atomic E-state index is 12.7. The molecule has 0 atom stereocenters. The maximum absolute atomic E-state index is 12.7. The van der Waals surface area contributed by atoms with Crippen molar-refractivity contribution in [1.82, 2.24) is 4.98 Å². The van der Waals surface area contributed by atoms with Crippen LogP contribution in [0.1, 0.15) is 0 Å². The second-order valence-electron chi connectivity index (χ2n) is 3.39. The van der Waals surface area contributed by atoms with Crippen molar-refractivity contribution in [2.75, 3.05) is 19.0 Å². The van der Waals surface area contributed by atoms with Gasteiger partial charge in [0, 0.05) is 12.1 Å². The number of aromatic nitrogens is 1. The molecule has 10 heteroatoms. The third-order valence-electron chi connectivity index (χ3n) is 2.07. The van der Waals surface area contributed by atoms with E-state index in [-0.39, 0.29) is 5.88 Å². The van der Waals surface area contributed by atoms with Gasteiger partial charge in [-0.3, -0.25) is 10.1 Å². The van der Waals surface area contributed by atoms with Gasteiger partial charge in [0.1, 0.15) is 0 Å². The van der Waals surface area contributed by atoms with Crippen LogP contribution in [0.3, 0.4) is 0 Å². The van der Waals surface area contributed by atoms with Gasteiger partial charge in [-0.05, 0) is 0 Å². The molecule has 6 nitrogen and oxygen atoms in total. The number of anilines is 1. The van der Waals surface area contributed by atoms with E-state index in [0.717, 1.165) is 12.1 Å². The molecule has 0 saturated heterocycles. The Kier molecular flexibility index (Phi) is 4.46. The summed E-state index contributed by atoms with van der Waals surface area (Å²) in [6, 6.07) is 2.11. The van der Waals surface area contributed by atoms with Crippen LogP contribution in [0.15, 0.2) is 12.1 Å². The molecule has 0 aliphatic heterocycles. The molecule has 0 bridgehead atoms. The predicted molar refractivity (Wildman–Crippen MR) is 56.9 cm³/mol. The number of hydrogen-bond donors (Lipinski definition) is 1. The van der Waals surface area contributed by atoms with Gasteiger partial charge in [0.15, 0.2) is 0 Å². The van der Waals surface area contributed by atoms with Gasteiger partial charge in [-0.15, -0.1) is 0 Å². The molecule has 1 rings (SSSR count). The zero-order chi connectivity index (χ0) is 14.6. The Morgan fingerprint density at radius 2 is 2.16 bits per heavy atom. The lowest BCUT2D eigenvalue weighted by atomic mass is 10.3. The van der Waals surface area contributed by atoms with E-state index in [1.165, 1.54) is 7.11 Å². The highest BCUT2D eigenvalue weighted by Gasteiger charge is 2.41. The standard InChI is InChI=1S/C9H9F4N3O3/c1-19-6-3-2-5(16(17)18)7(15-6)14-4-9(12,13)8(10)11/h2-3,8H,4H2,1H3,(H,14,15). The fourth-order valence-electron chi connectivity index (χ4n) is 1.10. The average Bonchev–Trinajstić information content (AvgIpc) is 2.35. The number of halogens is 4. The molecule has 0 aliphatic rings. The Morgan fingerprint density at radius 3 is 2.63 bits per heavy atom. The van der Waals surface area contributed by atoms with Gasteiger partial charge < -0.3 is 10.1 Å². The molecule has 1 aromatic rings. The van der Waals surface area contributed by atoms with Gasteiger partial charge in [0.05, 0.1) is 18.6 Å². The van der Waals surface area contributed by atoms with Crippen LogP contribution in [0.25, 0.3) is 0 Å². The third kappa shape index (κ3) is 3.66. The molecule has 106 valence electrons. The van der Waals surface area contributed by atoms with Crippen LogP contribution in [-0.2, 0) is 0 Å². The molecule has 0 radical (unpaired) electrons. The van der Waals surface area contributed by atoms with Crippen LogP contribution < -0.4 is 10.1 Å². The number of nitrogens with one attached hydrogen (secondary N) is 1. The predicted octanol–water partition coefficient (Wildman–Crippen LogP) is 2.31. The van der Waals surface area contributed by atoms with E-state index in [4.69, 9.17) is 0 Å². The molecule has 19 heavy (non-hydrogen) atoms. The van der Waals surface area contributed by atoms with E-state index in [0.29, 0.717) is 0 Å². The number of hydrogen-bond acceptors (Lipinski definition) is 5. The number of rotatable bonds is 6. The summed E-state index contributed by atoms with van der Waals surface area (Å²) in [5.41, 5.74) is -0.620. The summed E-state index contributed by atoms with van der Waals surface area (Å²) in [6.45, 7) is -1.48. The van der Waals surface area contributed by atoms with E-state index in [2.05, 4.69) is 9.72 Å². The largest absolute Gasteiger partial charge is 0.481 e. The fourth-order valence-corrected chi connectivity index (χ4v) is 1.10. The van der Waals surface area contributed by atoms with Gasteiger partial charge in [0.2, 0.25) is 11.7 Å². The van der Waals surface area contributed by atoms with Crippen LogP contribution in [0.4, 0.5) is 29.1 Å². The maximum Gasteiger partial charge on any atom is 0.324 e. The van der Waals surface area contributed by atoms with E-state index in [9.17, 15) is 27.7 Å². The van der Waals surface area contributed by atoms with Crippen molar-refractivity contribution in [1.29, 1.82) is 0 Å². The first-order valence-corrected chi connectivity index (χ1v) is 4.87. The van der Waals surface area contributed by atoms with Gasteiger partial charge in [-0.1, -0.05) is 0 Å². The van der Waals surface area contributed by atoms with Crippen LogP contribution in [0, 0.1) is 10.1 Å². The summed E-state index contributed by atoms with van der Waals surface area (Å²) in [7, 11) is 1.21. The first-order chi connectivity index (χ1) is 8.77. The number of pyridine rings is 1. The van der Waals surface area contributed by atoms with Crippen molar-refractivity contribution in [3.8, 4) is 5.88 Å². The van der Waals surface area contributed by atoms with Crippen molar-refractivity contribution in [2.24, 2.45) is 0 Å². The van der Waals surface area contributed by atoms with Crippen molar-refractivity contribution in [3.63, 3.8) is 0 Å². The first-order valence-electron chi connectivity index (χ1n) is 4.87. The van der Waals surface area contributed by atoms with Crippen LogP contribution >= 0.6 is 0 Å². The quantitative estimate of drug-likeness (QED) is 0.492. The summed E-state index contributed by atoms with van der Waals surface area (Å²) in [6.07, 6.45) is -3.88. The van der Waals surface area contributed by atoms with Crippen LogP contribution in [0.5, 0.6) is 5.88 Å². The SMILES string of the molecule is COc1ccc([N+](=O)[O-])c(NCC(F)(F)C(F)F)n1. The molecule has 1 N–H and O–H groups in total. The Hall–Kier alpha value is -2.13. The summed E-state index contributed by atoms with van der Waals surface area (Å²) in [5, 5.41) is 12.5. The van der Waals surface area contributed by atoms with E-state index >= 15 is 0 Å². The van der Waals surface area contributed by atoms with E-state index < -0.39 is 35.3 Å². The summed E-state index contributed by atoms with van der Waals surface area (Å²) >= 11 is 0. The zero-order valence-electron chi connectivity index (χ0n) is 9.57. The second-order valence-corrected chi connectivity index (χ2v) is 3.39. The summed E-state index contributed by atoms with van der Waals surface area (Å²) < 4.78 is 54.0.